The Labute approximate surface area is 95.7 Å². The molecule has 0 unspecified atom stereocenters. The smallest absolute Gasteiger partial charge is 0.0603 e. The first kappa shape index (κ1) is 11.2. The SMILES string of the molecule is C1=NCCC(CCSN2CCOCC2)=C1. The van der Waals surface area contributed by atoms with Crippen LogP contribution >= 0.6 is 11.9 Å². The molecule has 0 aromatic rings. The summed E-state index contributed by atoms with van der Waals surface area (Å²) in [5, 5.41) is 0. The Hall–Kier alpha value is -0.320. The Morgan fingerprint density at radius 3 is 3.00 bits per heavy atom. The van der Waals surface area contributed by atoms with E-state index in [1.165, 1.54) is 12.2 Å². The van der Waals surface area contributed by atoms with Crippen LogP contribution < -0.4 is 0 Å². The summed E-state index contributed by atoms with van der Waals surface area (Å²) in [6.45, 7) is 4.91. The average Bonchev–Trinajstić information content (AvgIpc) is 2.32. The number of nitrogens with zero attached hydrogens (tertiary/aromatic N) is 2. The second-order valence-electron chi connectivity index (χ2n) is 3.75. The molecule has 1 fully saturated rings. The van der Waals surface area contributed by atoms with Crippen LogP contribution in [0.4, 0.5) is 0 Å². The van der Waals surface area contributed by atoms with Gasteiger partial charge in [0.15, 0.2) is 0 Å². The standard InChI is InChI=1S/C11H18N2OS/c1-4-12-5-2-11(1)3-10-15-13-6-8-14-9-7-13/h1,4H,2-3,5-10H2. The van der Waals surface area contributed by atoms with Gasteiger partial charge in [0, 0.05) is 31.6 Å². The van der Waals surface area contributed by atoms with Crippen LogP contribution in [0.2, 0.25) is 0 Å². The number of hydrogen-bond acceptors (Lipinski definition) is 4. The molecule has 0 spiro atoms. The first-order chi connectivity index (χ1) is 7.45. The van der Waals surface area contributed by atoms with Crippen LogP contribution in [0.15, 0.2) is 16.6 Å². The Bertz CT molecular complexity index is 247. The minimum Gasteiger partial charge on any atom is -0.379 e. The number of rotatable bonds is 4. The molecular formula is C11H18N2OS. The highest BCUT2D eigenvalue weighted by atomic mass is 32.2. The van der Waals surface area contributed by atoms with Crippen molar-refractivity contribution in [2.45, 2.75) is 12.8 Å². The fraction of sp³-hybridized carbons (Fsp3) is 0.727. The maximum Gasteiger partial charge on any atom is 0.0603 e. The van der Waals surface area contributed by atoms with Gasteiger partial charge in [-0.2, -0.15) is 0 Å². The summed E-state index contributed by atoms with van der Waals surface area (Å²) in [6.07, 6.45) is 6.47. The lowest BCUT2D eigenvalue weighted by molar-refractivity contribution is 0.0773. The van der Waals surface area contributed by atoms with E-state index >= 15 is 0 Å². The first-order valence-corrected chi connectivity index (χ1v) is 6.53. The summed E-state index contributed by atoms with van der Waals surface area (Å²) < 4.78 is 7.73. The molecule has 0 radical (unpaired) electrons. The molecule has 0 N–H and O–H groups in total. The molecule has 84 valence electrons. The van der Waals surface area contributed by atoms with Crippen molar-refractivity contribution >= 4 is 18.2 Å². The molecule has 1 saturated heterocycles. The zero-order chi connectivity index (χ0) is 10.3. The summed E-state index contributed by atoms with van der Waals surface area (Å²) in [7, 11) is 0. The number of dihydropyridines is 1. The van der Waals surface area contributed by atoms with E-state index in [0.29, 0.717) is 0 Å². The summed E-state index contributed by atoms with van der Waals surface area (Å²) in [5.41, 5.74) is 1.55. The molecule has 0 aromatic carbocycles. The highest BCUT2D eigenvalue weighted by Crippen LogP contribution is 2.18. The van der Waals surface area contributed by atoms with E-state index in [1.807, 2.05) is 18.2 Å². The molecule has 0 amide bonds. The van der Waals surface area contributed by atoms with Gasteiger partial charge < -0.3 is 4.74 Å². The number of hydrogen-bond donors (Lipinski definition) is 0. The van der Waals surface area contributed by atoms with Crippen LogP contribution in [0.25, 0.3) is 0 Å². The number of morpholine rings is 1. The van der Waals surface area contributed by atoms with Gasteiger partial charge in [-0.1, -0.05) is 17.5 Å². The van der Waals surface area contributed by atoms with E-state index in [0.717, 1.165) is 39.3 Å². The molecule has 0 aromatic heterocycles. The normalized spacial score (nSPS) is 22.8. The molecule has 3 nitrogen and oxygen atoms in total. The predicted octanol–water partition coefficient (Wildman–Crippen LogP) is 1.76. The molecule has 0 atom stereocenters. The number of allylic oxidation sites excluding steroid dienone is 1. The quantitative estimate of drug-likeness (QED) is 0.683. The van der Waals surface area contributed by atoms with Crippen LogP contribution in [-0.2, 0) is 4.74 Å². The van der Waals surface area contributed by atoms with Gasteiger partial charge in [-0.25, -0.2) is 4.31 Å². The second kappa shape index (κ2) is 6.30. The molecule has 2 heterocycles. The topological polar surface area (TPSA) is 24.8 Å². The Balaban J connectivity index is 1.61. The lowest BCUT2D eigenvalue weighted by Gasteiger charge is -2.25. The van der Waals surface area contributed by atoms with Gasteiger partial charge in [0.25, 0.3) is 0 Å². The van der Waals surface area contributed by atoms with Crippen LogP contribution in [0, 0.1) is 0 Å². The van der Waals surface area contributed by atoms with Crippen molar-refractivity contribution in [2.24, 2.45) is 4.99 Å². The third kappa shape index (κ3) is 3.97. The van der Waals surface area contributed by atoms with E-state index in [9.17, 15) is 0 Å². The fourth-order valence-electron chi connectivity index (χ4n) is 1.71. The van der Waals surface area contributed by atoms with Crippen molar-refractivity contribution in [1.29, 1.82) is 0 Å². The third-order valence-corrected chi connectivity index (χ3v) is 3.76. The van der Waals surface area contributed by atoms with Gasteiger partial charge in [-0.3, -0.25) is 4.99 Å². The Morgan fingerprint density at radius 1 is 1.40 bits per heavy atom. The van der Waals surface area contributed by atoms with Gasteiger partial charge in [-0.15, -0.1) is 0 Å². The molecule has 0 aliphatic carbocycles. The van der Waals surface area contributed by atoms with Gasteiger partial charge in [0.2, 0.25) is 0 Å². The summed E-state index contributed by atoms with van der Waals surface area (Å²) in [4.78, 5) is 4.19. The lowest BCUT2D eigenvalue weighted by Crippen LogP contribution is -2.31. The van der Waals surface area contributed by atoms with E-state index in [1.54, 1.807) is 5.57 Å². The van der Waals surface area contributed by atoms with Gasteiger partial charge in [-0.05, 0) is 18.9 Å². The zero-order valence-electron chi connectivity index (χ0n) is 9.02. The van der Waals surface area contributed by atoms with E-state index in [-0.39, 0.29) is 0 Å². The van der Waals surface area contributed by atoms with E-state index < -0.39 is 0 Å². The monoisotopic (exact) mass is 226 g/mol. The second-order valence-corrected chi connectivity index (χ2v) is 4.94. The third-order valence-electron chi connectivity index (χ3n) is 2.64. The largest absolute Gasteiger partial charge is 0.379 e. The maximum absolute atomic E-state index is 5.31. The molecule has 2 aliphatic heterocycles. The average molecular weight is 226 g/mol. The van der Waals surface area contributed by atoms with Gasteiger partial charge >= 0.3 is 0 Å². The molecule has 2 aliphatic rings. The highest BCUT2D eigenvalue weighted by molar-refractivity contribution is 7.97. The van der Waals surface area contributed by atoms with Crippen LogP contribution in [-0.4, -0.2) is 49.1 Å². The molecule has 4 heteroatoms. The van der Waals surface area contributed by atoms with Crippen molar-refractivity contribution in [3.63, 3.8) is 0 Å². The van der Waals surface area contributed by atoms with Gasteiger partial charge in [0.05, 0.1) is 13.2 Å². The predicted molar refractivity (Wildman–Crippen MR) is 65.5 cm³/mol. The molecule has 0 saturated carbocycles. The minimum atomic E-state index is 0.891. The minimum absolute atomic E-state index is 0.891. The summed E-state index contributed by atoms with van der Waals surface area (Å²) >= 11 is 1.96. The van der Waals surface area contributed by atoms with Crippen LogP contribution in [0.5, 0.6) is 0 Å². The molecule has 2 rings (SSSR count). The summed E-state index contributed by atoms with van der Waals surface area (Å²) in [6, 6.07) is 0. The maximum atomic E-state index is 5.31. The van der Waals surface area contributed by atoms with E-state index in [2.05, 4.69) is 15.4 Å². The van der Waals surface area contributed by atoms with Crippen LogP contribution in [0.1, 0.15) is 12.8 Å². The van der Waals surface area contributed by atoms with Gasteiger partial charge in [0.1, 0.15) is 0 Å². The lowest BCUT2D eigenvalue weighted by atomic mass is 10.1. The van der Waals surface area contributed by atoms with Crippen molar-refractivity contribution in [1.82, 2.24) is 4.31 Å². The molecular weight excluding hydrogens is 208 g/mol. The number of aliphatic imine (C=N–C) groups is 1. The van der Waals surface area contributed by atoms with Crippen molar-refractivity contribution in [2.75, 3.05) is 38.6 Å². The Kier molecular flexibility index (Phi) is 4.70. The van der Waals surface area contributed by atoms with Crippen molar-refractivity contribution < 1.29 is 4.74 Å². The molecule has 15 heavy (non-hydrogen) atoms. The van der Waals surface area contributed by atoms with Crippen molar-refractivity contribution in [3.05, 3.63) is 11.6 Å². The highest BCUT2D eigenvalue weighted by Gasteiger charge is 2.10. The number of ether oxygens (including phenoxy) is 1. The van der Waals surface area contributed by atoms with E-state index in [4.69, 9.17) is 4.74 Å². The van der Waals surface area contributed by atoms with Crippen molar-refractivity contribution in [3.8, 4) is 0 Å². The fourth-order valence-corrected chi connectivity index (χ4v) is 2.73. The van der Waals surface area contributed by atoms with Crippen LogP contribution in [0.3, 0.4) is 0 Å². The zero-order valence-corrected chi connectivity index (χ0v) is 9.84. The summed E-state index contributed by atoms with van der Waals surface area (Å²) in [5.74, 6) is 1.19. The Morgan fingerprint density at radius 2 is 2.27 bits per heavy atom. The first-order valence-electron chi connectivity index (χ1n) is 5.58. The molecule has 0 bridgehead atoms.